The van der Waals surface area contributed by atoms with Crippen LogP contribution in [0.25, 0.3) is 0 Å². The maximum Gasteiger partial charge on any atom is 0.419 e. The molecule has 0 spiro atoms. The van der Waals surface area contributed by atoms with E-state index in [0.717, 1.165) is 20.8 Å². The number of thiophene rings is 1. The maximum absolute atomic E-state index is 13.2. The van der Waals surface area contributed by atoms with E-state index in [-0.39, 0.29) is 5.56 Å². The molecule has 0 aliphatic heterocycles. The van der Waals surface area contributed by atoms with Crippen LogP contribution in [-0.4, -0.2) is 0 Å². The van der Waals surface area contributed by atoms with Crippen molar-refractivity contribution in [2.45, 2.75) is 18.5 Å². The molecular weight excluding hydrogens is 380 g/mol. The average molecular weight is 388 g/mol. The van der Waals surface area contributed by atoms with Crippen LogP contribution >= 0.6 is 38.9 Å². The summed E-state index contributed by atoms with van der Waals surface area (Å²) in [5.41, 5.74) is -0.371. The second-order valence-corrected chi connectivity index (χ2v) is 7.23. The Labute approximate surface area is 130 Å². The lowest BCUT2D eigenvalue weighted by atomic mass is 10.0. The zero-order valence-electron chi connectivity index (χ0n) is 10.1. The number of hydrogen-bond acceptors (Lipinski definition) is 1. The van der Waals surface area contributed by atoms with Crippen LogP contribution < -0.4 is 0 Å². The highest BCUT2D eigenvalue weighted by Gasteiger charge is 2.34. The Balaban J connectivity index is 2.46. The summed E-state index contributed by atoms with van der Waals surface area (Å²) in [4.78, 5) is 0.898. The van der Waals surface area contributed by atoms with Gasteiger partial charge in [0.25, 0.3) is 0 Å². The highest BCUT2D eigenvalue weighted by atomic mass is 79.9. The van der Waals surface area contributed by atoms with Crippen LogP contribution in [0.2, 0.25) is 0 Å². The summed E-state index contributed by atoms with van der Waals surface area (Å²) >= 11 is 11.0. The molecule has 0 amide bonds. The molecule has 0 saturated heterocycles. The van der Waals surface area contributed by atoms with Gasteiger partial charge in [0.2, 0.25) is 0 Å². The van der Waals surface area contributed by atoms with Gasteiger partial charge in [-0.15, -0.1) is 22.9 Å². The minimum Gasteiger partial charge on any atom is -0.206 e. The Morgan fingerprint density at radius 2 is 1.90 bits per heavy atom. The normalized spacial score (nSPS) is 13.6. The Kier molecular flexibility index (Phi) is 4.47. The van der Waals surface area contributed by atoms with Gasteiger partial charge in [0, 0.05) is 4.88 Å². The molecule has 7 heteroatoms. The molecule has 1 aromatic carbocycles. The third-order valence-corrected chi connectivity index (χ3v) is 4.84. The Morgan fingerprint density at radius 1 is 1.25 bits per heavy atom. The van der Waals surface area contributed by atoms with Crippen LogP contribution in [0.3, 0.4) is 0 Å². The fourth-order valence-electron chi connectivity index (χ4n) is 1.81. The second kappa shape index (κ2) is 5.66. The molecule has 0 aliphatic rings. The third kappa shape index (κ3) is 3.18. The molecule has 2 aromatic rings. The molecule has 0 aliphatic carbocycles. The van der Waals surface area contributed by atoms with Crippen molar-refractivity contribution in [2.75, 3.05) is 0 Å². The van der Waals surface area contributed by atoms with Crippen molar-refractivity contribution >= 4 is 38.9 Å². The van der Waals surface area contributed by atoms with Crippen molar-refractivity contribution in [3.05, 3.63) is 55.4 Å². The van der Waals surface area contributed by atoms with Crippen LogP contribution in [-0.2, 0) is 6.18 Å². The van der Waals surface area contributed by atoms with Gasteiger partial charge in [-0.1, -0.05) is 6.07 Å². The Bertz CT molecular complexity index is 636. The number of aryl methyl sites for hydroxylation is 1. The number of alkyl halides is 4. The summed E-state index contributed by atoms with van der Waals surface area (Å²) in [6.07, 6.45) is -4.74. The molecule has 0 nitrogen and oxygen atoms in total. The Hall–Kier alpha value is -0.590. The molecular formula is C13H8BrClF4S. The van der Waals surface area contributed by atoms with Crippen molar-refractivity contribution < 1.29 is 17.6 Å². The van der Waals surface area contributed by atoms with E-state index in [9.17, 15) is 17.6 Å². The molecule has 0 fully saturated rings. The van der Waals surface area contributed by atoms with Crippen LogP contribution in [0.4, 0.5) is 17.6 Å². The van der Waals surface area contributed by atoms with E-state index >= 15 is 0 Å². The van der Waals surface area contributed by atoms with Crippen LogP contribution in [0.1, 0.15) is 26.9 Å². The lowest BCUT2D eigenvalue weighted by molar-refractivity contribution is -0.140. The first kappa shape index (κ1) is 15.8. The zero-order valence-corrected chi connectivity index (χ0v) is 13.2. The maximum atomic E-state index is 13.2. The SMILES string of the molecule is Cc1sc(Br)cc1C(Cl)c1ccc(F)c(C(F)(F)F)c1. The summed E-state index contributed by atoms with van der Waals surface area (Å²) in [6.45, 7) is 1.83. The van der Waals surface area contributed by atoms with E-state index < -0.39 is 22.9 Å². The van der Waals surface area contributed by atoms with Gasteiger partial charge in [-0.05, 0) is 52.2 Å². The first-order valence-electron chi connectivity index (χ1n) is 5.46. The molecule has 2 rings (SSSR count). The molecule has 108 valence electrons. The van der Waals surface area contributed by atoms with Gasteiger partial charge in [-0.25, -0.2) is 4.39 Å². The summed E-state index contributed by atoms with van der Waals surface area (Å²) in [7, 11) is 0. The van der Waals surface area contributed by atoms with Gasteiger partial charge in [0.1, 0.15) is 5.82 Å². The largest absolute Gasteiger partial charge is 0.419 e. The molecule has 1 aromatic heterocycles. The van der Waals surface area contributed by atoms with E-state index in [1.807, 2.05) is 6.92 Å². The lowest BCUT2D eigenvalue weighted by Gasteiger charge is -2.14. The summed E-state index contributed by atoms with van der Waals surface area (Å²) in [6, 6.07) is 4.59. The number of hydrogen-bond donors (Lipinski definition) is 0. The van der Waals surface area contributed by atoms with Crippen LogP contribution in [0.5, 0.6) is 0 Å². The molecule has 0 N–H and O–H groups in total. The van der Waals surface area contributed by atoms with Crippen molar-refractivity contribution in [3.63, 3.8) is 0 Å². The summed E-state index contributed by atoms with van der Waals surface area (Å²) < 4.78 is 52.2. The predicted octanol–water partition coefficient (Wildman–Crippen LogP) is 6.31. The second-order valence-electron chi connectivity index (χ2n) is 4.16. The molecule has 1 atom stereocenters. The molecule has 0 radical (unpaired) electrons. The van der Waals surface area contributed by atoms with E-state index in [1.54, 1.807) is 6.07 Å². The van der Waals surface area contributed by atoms with E-state index in [2.05, 4.69) is 15.9 Å². The minimum atomic E-state index is -4.74. The molecule has 0 saturated carbocycles. The highest BCUT2D eigenvalue weighted by Crippen LogP contribution is 2.39. The number of rotatable bonds is 2. The first-order chi connectivity index (χ1) is 9.20. The van der Waals surface area contributed by atoms with Crippen molar-refractivity contribution in [1.82, 2.24) is 0 Å². The monoisotopic (exact) mass is 386 g/mol. The van der Waals surface area contributed by atoms with Gasteiger partial charge in [-0.2, -0.15) is 13.2 Å². The fraction of sp³-hybridized carbons (Fsp3) is 0.231. The summed E-state index contributed by atoms with van der Waals surface area (Å²) in [5, 5.41) is -0.751. The zero-order chi connectivity index (χ0) is 15.1. The molecule has 1 unspecified atom stereocenters. The lowest BCUT2D eigenvalue weighted by Crippen LogP contribution is -2.09. The van der Waals surface area contributed by atoms with Crippen molar-refractivity contribution in [1.29, 1.82) is 0 Å². The fourth-order valence-corrected chi connectivity index (χ4v) is 3.98. The van der Waals surface area contributed by atoms with E-state index in [1.165, 1.54) is 17.4 Å². The van der Waals surface area contributed by atoms with Crippen molar-refractivity contribution in [2.24, 2.45) is 0 Å². The van der Waals surface area contributed by atoms with Crippen LogP contribution in [0.15, 0.2) is 28.1 Å². The van der Waals surface area contributed by atoms with Gasteiger partial charge in [0.15, 0.2) is 0 Å². The van der Waals surface area contributed by atoms with Gasteiger partial charge in [0.05, 0.1) is 14.7 Å². The number of benzene rings is 1. The molecule has 1 heterocycles. The van der Waals surface area contributed by atoms with Gasteiger partial charge in [-0.3, -0.25) is 0 Å². The van der Waals surface area contributed by atoms with Crippen LogP contribution in [0, 0.1) is 12.7 Å². The molecule has 20 heavy (non-hydrogen) atoms. The summed E-state index contributed by atoms with van der Waals surface area (Å²) in [5.74, 6) is -1.30. The smallest absolute Gasteiger partial charge is 0.206 e. The quantitative estimate of drug-likeness (QED) is 0.419. The topological polar surface area (TPSA) is 0 Å². The third-order valence-electron chi connectivity index (χ3n) is 2.79. The first-order valence-corrected chi connectivity index (χ1v) is 7.51. The van der Waals surface area contributed by atoms with E-state index in [4.69, 9.17) is 11.6 Å². The number of halogens is 6. The van der Waals surface area contributed by atoms with Gasteiger partial charge < -0.3 is 0 Å². The Morgan fingerprint density at radius 3 is 2.40 bits per heavy atom. The van der Waals surface area contributed by atoms with Gasteiger partial charge >= 0.3 is 6.18 Å². The van der Waals surface area contributed by atoms with E-state index in [0.29, 0.717) is 5.56 Å². The average Bonchev–Trinajstić information content (AvgIpc) is 2.66. The minimum absolute atomic E-state index is 0.216. The highest BCUT2D eigenvalue weighted by molar-refractivity contribution is 9.11. The standard InChI is InChI=1S/C13H8BrClF4S/c1-6-8(5-11(14)20-6)12(15)7-2-3-10(16)9(4-7)13(17,18)19/h2-5,12H,1H3. The predicted molar refractivity (Wildman–Crippen MR) is 75.9 cm³/mol. The molecule has 0 bridgehead atoms. The van der Waals surface area contributed by atoms with Crippen molar-refractivity contribution in [3.8, 4) is 0 Å².